The summed E-state index contributed by atoms with van der Waals surface area (Å²) >= 11 is 0. The van der Waals surface area contributed by atoms with E-state index in [4.69, 9.17) is 0 Å². The number of nitrogens with zero attached hydrogens (tertiary/aromatic N) is 1. The Morgan fingerprint density at radius 1 is 1.00 bits per heavy atom. The van der Waals surface area contributed by atoms with Gasteiger partial charge in [0.15, 0.2) is 0 Å². The number of rotatable bonds is 5. The Morgan fingerprint density at radius 3 is 2.68 bits per heavy atom. The molecule has 1 aromatic carbocycles. The molecule has 0 N–H and O–H groups in total. The Balaban J connectivity index is 2.05. The number of hydrogen-bond donors (Lipinski definition) is 0. The molecule has 0 saturated carbocycles. The smallest absolute Gasteiger partial charge is 0.255 e. The van der Waals surface area contributed by atoms with Crippen LogP contribution in [0.4, 0.5) is 0 Å². The number of pyridine rings is 1. The minimum atomic E-state index is 0.0965. The van der Waals surface area contributed by atoms with Crippen molar-refractivity contribution in [1.29, 1.82) is 0 Å². The maximum absolute atomic E-state index is 12.1. The first-order chi connectivity index (χ1) is 9.31. The molecule has 0 fully saturated rings. The van der Waals surface area contributed by atoms with E-state index in [0.717, 1.165) is 29.4 Å². The third-order valence-corrected chi connectivity index (χ3v) is 3.84. The highest BCUT2D eigenvalue weighted by atomic mass is 16.1. The average Bonchev–Trinajstić information content (AvgIpc) is 2.80. The largest absolute Gasteiger partial charge is 0.280 e. The van der Waals surface area contributed by atoms with Crippen LogP contribution in [-0.4, -0.2) is 4.40 Å². The molecule has 0 saturated heterocycles. The molecule has 0 spiro atoms. The summed E-state index contributed by atoms with van der Waals surface area (Å²) in [5.41, 5.74) is 2.34. The summed E-state index contributed by atoms with van der Waals surface area (Å²) in [6, 6.07) is 12.0. The van der Waals surface area contributed by atoms with E-state index in [1.54, 1.807) is 6.07 Å². The van der Waals surface area contributed by atoms with Gasteiger partial charge >= 0.3 is 0 Å². The van der Waals surface area contributed by atoms with Crippen LogP contribution in [0.5, 0.6) is 0 Å². The molecule has 2 heterocycles. The lowest BCUT2D eigenvalue weighted by Crippen LogP contribution is -2.13. The zero-order chi connectivity index (χ0) is 13.2. The van der Waals surface area contributed by atoms with Crippen molar-refractivity contribution in [2.75, 3.05) is 0 Å². The van der Waals surface area contributed by atoms with Crippen molar-refractivity contribution in [2.24, 2.45) is 0 Å². The molecular weight excluding hydrogens is 234 g/mol. The molecule has 19 heavy (non-hydrogen) atoms. The molecule has 0 aliphatic rings. The summed E-state index contributed by atoms with van der Waals surface area (Å²) in [4.78, 5) is 12.1. The second kappa shape index (κ2) is 5.04. The highest BCUT2D eigenvalue weighted by Crippen LogP contribution is 2.24. The fourth-order valence-corrected chi connectivity index (χ4v) is 2.88. The predicted molar refractivity (Wildman–Crippen MR) is 80.2 cm³/mol. The predicted octanol–water partition coefficient (Wildman–Crippen LogP) is 4.01. The number of benzene rings is 1. The van der Waals surface area contributed by atoms with Crippen LogP contribution in [0.25, 0.3) is 16.3 Å². The molecule has 98 valence electrons. The summed E-state index contributed by atoms with van der Waals surface area (Å²) in [6.07, 6.45) is 5.92. The van der Waals surface area contributed by atoms with E-state index in [-0.39, 0.29) is 5.56 Å². The molecule has 0 aliphatic heterocycles. The summed E-state index contributed by atoms with van der Waals surface area (Å²) in [7, 11) is 0. The van der Waals surface area contributed by atoms with E-state index in [1.165, 1.54) is 24.6 Å². The minimum Gasteiger partial charge on any atom is -0.280 e. The van der Waals surface area contributed by atoms with Crippen molar-refractivity contribution < 1.29 is 0 Å². The van der Waals surface area contributed by atoms with Crippen LogP contribution in [0.1, 0.15) is 38.3 Å². The average molecular weight is 253 g/mol. The second-order valence-corrected chi connectivity index (χ2v) is 5.24. The molecule has 3 rings (SSSR count). The first kappa shape index (κ1) is 12.2. The van der Waals surface area contributed by atoms with Crippen LogP contribution in [0.15, 0.2) is 41.2 Å². The summed E-state index contributed by atoms with van der Waals surface area (Å²) in [5.74, 6) is 0. The molecule has 2 aromatic heterocycles. The highest BCUT2D eigenvalue weighted by Gasteiger charge is 2.10. The molecule has 2 nitrogen and oxygen atoms in total. The topological polar surface area (TPSA) is 21.5 Å². The Labute approximate surface area is 113 Å². The molecule has 2 heteroatoms. The van der Waals surface area contributed by atoms with Crippen molar-refractivity contribution in [3.63, 3.8) is 0 Å². The van der Waals surface area contributed by atoms with Crippen LogP contribution >= 0.6 is 0 Å². The van der Waals surface area contributed by atoms with Crippen LogP contribution in [0.3, 0.4) is 0 Å². The van der Waals surface area contributed by atoms with Gasteiger partial charge in [-0.1, -0.05) is 44.4 Å². The number of unbranched alkanes of at least 4 members (excludes halogenated alkanes) is 3. The van der Waals surface area contributed by atoms with Gasteiger partial charge in [0, 0.05) is 17.1 Å². The van der Waals surface area contributed by atoms with Crippen molar-refractivity contribution in [1.82, 2.24) is 4.40 Å². The van der Waals surface area contributed by atoms with Crippen molar-refractivity contribution >= 4 is 16.3 Å². The van der Waals surface area contributed by atoms with Gasteiger partial charge in [-0.3, -0.25) is 9.20 Å². The second-order valence-electron chi connectivity index (χ2n) is 5.24. The third-order valence-electron chi connectivity index (χ3n) is 3.84. The number of aryl methyl sites for hydroxylation is 1. The van der Waals surface area contributed by atoms with Gasteiger partial charge in [-0.25, -0.2) is 0 Å². The quantitative estimate of drug-likeness (QED) is 0.629. The van der Waals surface area contributed by atoms with Crippen molar-refractivity contribution in [3.8, 4) is 0 Å². The Morgan fingerprint density at radius 2 is 1.84 bits per heavy atom. The van der Waals surface area contributed by atoms with Crippen LogP contribution in [-0.2, 0) is 6.42 Å². The lowest BCUT2D eigenvalue weighted by molar-refractivity contribution is 0.658. The maximum atomic E-state index is 12.1. The number of hydrogen-bond acceptors (Lipinski definition) is 1. The highest BCUT2D eigenvalue weighted by molar-refractivity contribution is 5.96. The van der Waals surface area contributed by atoms with Gasteiger partial charge in [0.25, 0.3) is 5.56 Å². The zero-order valence-electron chi connectivity index (χ0n) is 11.4. The minimum absolute atomic E-state index is 0.0965. The van der Waals surface area contributed by atoms with E-state index >= 15 is 0 Å². The van der Waals surface area contributed by atoms with Crippen molar-refractivity contribution in [3.05, 3.63) is 52.4 Å². The van der Waals surface area contributed by atoms with Gasteiger partial charge in [0.1, 0.15) is 0 Å². The fraction of sp³-hybridized carbons (Fsp3) is 0.353. The number of para-hydroxylation sites is 1. The SMILES string of the molecule is CCCCCCc1cc2cccc3ccc(=O)n1c32. The lowest BCUT2D eigenvalue weighted by Gasteiger charge is -2.03. The lowest BCUT2D eigenvalue weighted by atomic mass is 10.1. The molecule has 0 atom stereocenters. The van der Waals surface area contributed by atoms with Crippen molar-refractivity contribution in [2.45, 2.75) is 39.0 Å². The van der Waals surface area contributed by atoms with Gasteiger partial charge < -0.3 is 0 Å². The number of aromatic nitrogens is 1. The van der Waals surface area contributed by atoms with Crippen LogP contribution < -0.4 is 5.56 Å². The molecular formula is C17H19NO. The van der Waals surface area contributed by atoms with Gasteiger partial charge in [-0.15, -0.1) is 0 Å². The first-order valence-corrected chi connectivity index (χ1v) is 7.17. The third kappa shape index (κ3) is 2.12. The first-order valence-electron chi connectivity index (χ1n) is 7.17. The summed E-state index contributed by atoms with van der Waals surface area (Å²) in [5, 5.41) is 2.33. The van der Waals surface area contributed by atoms with Gasteiger partial charge in [0.2, 0.25) is 0 Å². The maximum Gasteiger partial charge on any atom is 0.255 e. The normalized spacial score (nSPS) is 11.6. The molecule has 0 amide bonds. The van der Waals surface area contributed by atoms with E-state index in [1.807, 2.05) is 10.5 Å². The monoisotopic (exact) mass is 253 g/mol. The fourth-order valence-electron chi connectivity index (χ4n) is 2.88. The molecule has 0 radical (unpaired) electrons. The Bertz CT molecular complexity index is 741. The van der Waals surface area contributed by atoms with E-state index in [9.17, 15) is 4.79 Å². The van der Waals surface area contributed by atoms with Crippen LogP contribution in [0, 0.1) is 0 Å². The Hall–Kier alpha value is -1.83. The zero-order valence-corrected chi connectivity index (χ0v) is 11.4. The summed E-state index contributed by atoms with van der Waals surface area (Å²) < 4.78 is 1.90. The van der Waals surface area contributed by atoms with Gasteiger partial charge in [-0.05, 0) is 30.4 Å². The summed E-state index contributed by atoms with van der Waals surface area (Å²) in [6.45, 7) is 2.22. The van der Waals surface area contributed by atoms with E-state index in [2.05, 4.69) is 31.2 Å². The van der Waals surface area contributed by atoms with Gasteiger partial charge in [0.05, 0.1) is 5.52 Å². The standard InChI is InChI=1S/C17H19NO/c1-2-3-4-5-9-15-12-14-8-6-7-13-10-11-16(19)18(15)17(13)14/h6-8,10-12H,2-5,9H2,1H3. The molecule has 0 bridgehead atoms. The van der Waals surface area contributed by atoms with Crippen LogP contribution in [0.2, 0.25) is 0 Å². The van der Waals surface area contributed by atoms with E-state index in [0.29, 0.717) is 0 Å². The molecule has 3 aromatic rings. The van der Waals surface area contributed by atoms with Gasteiger partial charge in [-0.2, -0.15) is 0 Å². The molecule has 0 unspecified atom stereocenters. The molecule has 0 aliphatic carbocycles. The Kier molecular flexibility index (Phi) is 3.24. The van der Waals surface area contributed by atoms with E-state index < -0.39 is 0 Å².